The molecule has 0 bridgehead atoms. The van der Waals surface area contributed by atoms with Crippen LogP contribution in [0.4, 0.5) is 11.4 Å². The average Bonchev–Trinajstić information content (AvgIpc) is 2.65. The van der Waals surface area contributed by atoms with Crippen LogP contribution in [0.1, 0.15) is 34.6 Å². The Labute approximate surface area is 155 Å². The Morgan fingerprint density at radius 3 is 2.44 bits per heavy atom. The van der Waals surface area contributed by atoms with Gasteiger partial charge in [-0.15, -0.1) is 0 Å². The molecule has 0 aliphatic carbocycles. The van der Waals surface area contributed by atoms with E-state index < -0.39 is 16.4 Å². The highest BCUT2D eigenvalue weighted by Crippen LogP contribution is 2.19. The number of nitrogens with one attached hydrogen (secondary N) is 1. The Bertz CT molecular complexity index is 947. The number of nitro benzene ring substituents is 1. The molecule has 0 atom stereocenters. The highest BCUT2D eigenvalue weighted by Gasteiger charge is 2.21. The van der Waals surface area contributed by atoms with E-state index in [0.717, 1.165) is 0 Å². The van der Waals surface area contributed by atoms with E-state index in [1.165, 1.54) is 48.1 Å². The van der Waals surface area contributed by atoms with E-state index in [4.69, 9.17) is 0 Å². The molecule has 1 aromatic carbocycles. The topological polar surface area (TPSA) is 115 Å². The lowest BCUT2D eigenvalue weighted by Gasteiger charge is -2.19. The van der Waals surface area contributed by atoms with Crippen molar-refractivity contribution >= 4 is 23.2 Å². The maximum absolute atomic E-state index is 12.5. The third kappa shape index (κ3) is 4.20. The highest BCUT2D eigenvalue weighted by atomic mass is 16.6. The molecule has 1 aromatic heterocycles. The molecule has 0 radical (unpaired) electrons. The molecule has 0 spiro atoms. The molecule has 0 fully saturated rings. The standard InChI is InChI=1S/C18H20N4O5/c1-4-21(5-2)17(24)12-10-14(18(25)20(3)11-12)19-16(23)13-8-6-7-9-15(13)22(26)27/h6-11H,4-5H2,1-3H3,(H,19,23). The number of nitro groups is 1. The van der Waals surface area contributed by atoms with Crippen LogP contribution in [0.3, 0.4) is 0 Å². The molecule has 1 heterocycles. The minimum atomic E-state index is -0.799. The zero-order chi connectivity index (χ0) is 20.1. The monoisotopic (exact) mass is 372 g/mol. The summed E-state index contributed by atoms with van der Waals surface area (Å²) in [6, 6.07) is 6.71. The fourth-order valence-electron chi connectivity index (χ4n) is 2.63. The van der Waals surface area contributed by atoms with E-state index in [1.54, 1.807) is 4.90 Å². The van der Waals surface area contributed by atoms with Crippen LogP contribution >= 0.6 is 0 Å². The van der Waals surface area contributed by atoms with Gasteiger partial charge in [0.25, 0.3) is 23.1 Å². The number of hydrogen-bond acceptors (Lipinski definition) is 5. The molecular weight excluding hydrogens is 352 g/mol. The fraction of sp³-hybridized carbons (Fsp3) is 0.278. The second kappa shape index (κ2) is 8.26. The van der Waals surface area contributed by atoms with Crippen molar-refractivity contribution in [1.82, 2.24) is 9.47 Å². The van der Waals surface area contributed by atoms with Crippen molar-refractivity contribution in [3.8, 4) is 0 Å². The molecule has 142 valence electrons. The van der Waals surface area contributed by atoms with Gasteiger partial charge in [0.15, 0.2) is 0 Å². The zero-order valence-corrected chi connectivity index (χ0v) is 15.3. The van der Waals surface area contributed by atoms with Crippen molar-refractivity contribution in [1.29, 1.82) is 0 Å². The van der Waals surface area contributed by atoms with Crippen LogP contribution in [0.15, 0.2) is 41.3 Å². The quantitative estimate of drug-likeness (QED) is 0.615. The molecule has 9 nitrogen and oxygen atoms in total. The lowest BCUT2D eigenvalue weighted by molar-refractivity contribution is -0.385. The van der Waals surface area contributed by atoms with Crippen LogP contribution in [-0.4, -0.2) is 39.3 Å². The zero-order valence-electron chi connectivity index (χ0n) is 15.3. The van der Waals surface area contributed by atoms with E-state index in [0.29, 0.717) is 13.1 Å². The molecule has 0 unspecified atom stereocenters. The molecular formula is C18H20N4O5. The van der Waals surface area contributed by atoms with E-state index in [1.807, 2.05) is 13.8 Å². The summed E-state index contributed by atoms with van der Waals surface area (Å²) >= 11 is 0. The smallest absolute Gasteiger partial charge is 0.282 e. The van der Waals surface area contributed by atoms with Gasteiger partial charge in [-0.1, -0.05) is 12.1 Å². The molecule has 9 heteroatoms. The number of amides is 2. The van der Waals surface area contributed by atoms with Gasteiger partial charge in [-0.05, 0) is 26.0 Å². The van der Waals surface area contributed by atoms with Crippen molar-refractivity contribution in [2.45, 2.75) is 13.8 Å². The van der Waals surface area contributed by atoms with E-state index in [9.17, 15) is 24.5 Å². The largest absolute Gasteiger partial charge is 0.339 e. The number of aryl methyl sites for hydroxylation is 1. The number of hydrogen-bond donors (Lipinski definition) is 1. The third-order valence-corrected chi connectivity index (χ3v) is 4.07. The Morgan fingerprint density at radius 1 is 1.22 bits per heavy atom. The summed E-state index contributed by atoms with van der Waals surface area (Å²) in [7, 11) is 1.46. The second-order valence-electron chi connectivity index (χ2n) is 5.76. The predicted molar refractivity (Wildman–Crippen MR) is 100.0 cm³/mol. The minimum absolute atomic E-state index is 0.126. The number of nitrogens with zero attached hydrogens (tertiary/aromatic N) is 3. The number of para-hydroxylation sites is 1. The van der Waals surface area contributed by atoms with E-state index in [2.05, 4.69) is 5.32 Å². The van der Waals surface area contributed by atoms with Gasteiger partial charge >= 0.3 is 0 Å². The van der Waals surface area contributed by atoms with Gasteiger partial charge in [-0.2, -0.15) is 0 Å². The Morgan fingerprint density at radius 2 is 1.85 bits per heavy atom. The first-order valence-corrected chi connectivity index (χ1v) is 8.34. The van der Waals surface area contributed by atoms with Crippen LogP contribution in [0.25, 0.3) is 0 Å². The second-order valence-corrected chi connectivity index (χ2v) is 5.76. The van der Waals surface area contributed by atoms with Crippen molar-refractivity contribution in [3.63, 3.8) is 0 Å². The van der Waals surface area contributed by atoms with Gasteiger partial charge < -0.3 is 14.8 Å². The summed E-state index contributed by atoms with van der Waals surface area (Å²) in [4.78, 5) is 49.3. The fourth-order valence-corrected chi connectivity index (χ4v) is 2.63. The Balaban J connectivity index is 2.42. The van der Waals surface area contributed by atoms with Crippen LogP contribution in [-0.2, 0) is 7.05 Å². The lowest BCUT2D eigenvalue weighted by Crippen LogP contribution is -2.32. The maximum atomic E-state index is 12.5. The molecule has 2 amide bonds. The Hall–Kier alpha value is -3.49. The molecule has 27 heavy (non-hydrogen) atoms. The van der Waals surface area contributed by atoms with Crippen LogP contribution < -0.4 is 10.9 Å². The SMILES string of the molecule is CCN(CC)C(=O)c1cc(NC(=O)c2ccccc2[N+](=O)[O-])c(=O)n(C)c1. The van der Waals surface area contributed by atoms with Crippen molar-refractivity contribution in [2.75, 3.05) is 18.4 Å². The van der Waals surface area contributed by atoms with Gasteiger partial charge in [-0.25, -0.2) is 0 Å². The summed E-state index contributed by atoms with van der Waals surface area (Å²) in [6.45, 7) is 4.66. The van der Waals surface area contributed by atoms with Gasteiger partial charge in [0.2, 0.25) is 0 Å². The number of carbonyl (C=O) groups is 2. The predicted octanol–water partition coefficient (Wildman–Crippen LogP) is 2.03. The van der Waals surface area contributed by atoms with Crippen LogP contribution in [0.2, 0.25) is 0 Å². The van der Waals surface area contributed by atoms with E-state index in [-0.39, 0.29) is 28.4 Å². The van der Waals surface area contributed by atoms with Crippen molar-refractivity contribution < 1.29 is 14.5 Å². The molecule has 2 rings (SSSR count). The van der Waals surface area contributed by atoms with Gasteiger partial charge in [0.05, 0.1) is 10.5 Å². The van der Waals surface area contributed by atoms with Gasteiger partial charge in [-0.3, -0.25) is 24.5 Å². The highest BCUT2D eigenvalue weighted by molar-refractivity contribution is 6.07. The Kier molecular flexibility index (Phi) is 6.07. The van der Waals surface area contributed by atoms with Crippen molar-refractivity contribution in [2.24, 2.45) is 7.05 Å². The first-order chi connectivity index (χ1) is 12.8. The van der Waals surface area contributed by atoms with Gasteiger partial charge in [0, 0.05) is 32.4 Å². The molecule has 0 saturated heterocycles. The van der Waals surface area contributed by atoms with Gasteiger partial charge in [0.1, 0.15) is 11.3 Å². The average molecular weight is 372 g/mol. The number of rotatable bonds is 6. The van der Waals surface area contributed by atoms with Crippen molar-refractivity contribution in [3.05, 3.63) is 68.1 Å². The molecule has 0 saturated carbocycles. The number of anilines is 1. The summed E-state index contributed by atoms with van der Waals surface area (Å²) in [5.41, 5.74) is -0.970. The first kappa shape index (κ1) is 19.8. The first-order valence-electron chi connectivity index (χ1n) is 8.34. The van der Waals surface area contributed by atoms with Crippen LogP contribution in [0.5, 0.6) is 0 Å². The summed E-state index contributed by atoms with van der Waals surface area (Å²) in [5, 5.41) is 13.5. The summed E-state index contributed by atoms with van der Waals surface area (Å²) in [6.07, 6.45) is 1.39. The molecule has 1 N–H and O–H groups in total. The lowest BCUT2D eigenvalue weighted by atomic mass is 10.1. The van der Waals surface area contributed by atoms with Crippen LogP contribution in [0, 0.1) is 10.1 Å². The third-order valence-electron chi connectivity index (χ3n) is 4.07. The normalized spacial score (nSPS) is 10.3. The van der Waals surface area contributed by atoms with E-state index >= 15 is 0 Å². The molecule has 0 aliphatic heterocycles. The summed E-state index contributed by atoms with van der Waals surface area (Å²) in [5.74, 6) is -1.08. The summed E-state index contributed by atoms with van der Waals surface area (Å²) < 4.78 is 1.19. The number of carbonyl (C=O) groups excluding carboxylic acids is 2. The maximum Gasteiger partial charge on any atom is 0.282 e. The molecule has 2 aromatic rings. The number of aromatic nitrogens is 1. The molecule has 0 aliphatic rings. The number of pyridine rings is 1. The number of benzene rings is 1. The minimum Gasteiger partial charge on any atom is -0.339 e.